The number of hydrogen-bond donors (Lipinski definition) is 1. The Hall–Kier alpha value is -1.95. The quantitative estimate of drug-likeness (QED) is 0.940. The molecule has 3 rings (SSSR count). The first kappa shape index (κ1) is 13.1. The van der Waals surface area contributed by atoms with Crippen LogP contribution in [0, 0.1) is 0 Å². The number of aromatic carboxylic acids is 1. The van der Waals surface area contributed by atoms with E-state index in [-0.39, 0.29) is 16.6 Å². The van der Waals surface area contributed by atoms with Gasteiger partial charge in [0.2, 0.25) is 0 Å². The summed E-state index contributed by atoms with van der Waals surface area (Å²) in [5.41, 5.74) is 0.648. The Labute approximate surface area is 120 Å². The van der Waals surface area contributed by atoms with Crippen molar-refractivity contribution >= 4 is 17.6 Å². The summed E-state index contributed by atoms with van der Waals surface area (Å²) >= 11 is 6.19. The van der Waals surface area contributed by atoms with Crippen LogP contribution in [0.3, 0.4) is 0 Å². The van der Waals surface area contributed by atoms with Gasteiger partial charge in [0.25, 0.3) is 0 Å². The maximum absolute atomic E-state index is 11.5. The van der Waals surface area contributed by atoms with Gasteiger partial charge in [0.05, 0.1) is 11.9 Å². The summed E-state index contributed by atoms with van der Waals surface area (Å²) in [6.45, 7) is 0. The molecule has 1 N–H and O–H groups in total. The third-order valence-corrected chi connectivity index (χ3v) is 3.93. The van der Waals surface area contributed by atoms with Crippen molar-refractivity contribution in [3.8, 4) is 5.82 Å². The van der Waals surface area contributed by atoms with E-state index in [1.807, 2.05) is 0 Å². The zero-order valence-electron chi connectivity index (χ0n) is 10.7. The van der Waals surface area contributed by atoms with Gasteiger partial charge in [0.15, 0.2) is 5.82 Å². The van der Waals surface area contributed by atoms with Crippen molar-refractivity contribution in [3.05, 3.63) is 35.0 Å². The summed E-state index contributed by atoms with van der Waals surface area (Å²) in [5.74, 6) is -0.465. The molecule has 2 heterocycles. The number of rotatable bonds is 3. The molecule has 20 heavy (non-hydrogen) atoms. The molecule has 0 aliphatic heterocycles. The fraction of sp³-hybridized carbons (Fsp3) is 0.385. The second kappa shape index (κ2) is 5.20. The highest BCUT2D eigenvalue weighted by Crippen LogP contribution is 2.37. The van der Waals surface area contributed by atoms with E-state index in [0.29, 0.717) is 11.5 Å². The van der Waals surface area contributed by atoms with E-state index in [1.54, 1.807) is 0 Å². The first-order valence-corrected chi connectivity index (χ1v) is 6.84. The molecule has 7 heteroatoms. The summed E-state index contributed by atoms with van der Waals surface area (Å²) in [6.07, 6.45) is 8.66. The van der Waals surface area contributed by atoms with Gasteiger partial charge in [-0.1, -0.05) is 24.4 Å². The van der Waals surface area contributed by atoms with Gasteiger partial charge in [-0.05, 0) is 12.8 Å². The molecule has 2 aromatic rings. The van der Waals surface area contributed by atoms with Crippen LogP contribution in [0.25, 0.3) is 5.82 Å². The van der Waals surface area contributed by atoms with Crippen LogP contribution in [0.5, 0.6) is 0 Å². The van der Waals surface area contributed by atoms with E-state index in [0.717, 1.165) is 25.7 Å². The molecule has 0 bridgehead atoms. The molecular formula is C13H13ClN4O2. The van der Waals surface area contributed by atoms with Crippen molar-refractivity contribution in [1.82, 2.24) is 19.7 Å². The average Bonchev–Trinajstić information content (AvgIpc) is 3.06. The molecule has 104 valence electrons. The van der Waals surface area contributed by atoms with Gasteiger partial charge in [-0.2, -0.15) is 5.10 Å². The number of carboxylic acids is 1. The van der Waals surface area contributed by atoms with Crippen molar-refractivity contribution in [2.75, 3.05) is 0 Å². The van der Waals surface area contributed by atoms with Gasteiger partial charge in [0, 0.05) is 18.3 Å². The lowest BCUT2D eigenvalue weighted by molar-refractivity contribution is 0.0695. The van der Waals surface area contributed by atoms with E-state index in [1.165, 1.54) is 23.3 Å². The normalized spacial score (nSPS) is 15.7. The summed E-state index contributed by atoms with van der Waals surface area (Å²) < 4.78 is 1.35. The van der Waals surface area contributed by atoms with Crippen molar-refractivity contribution in [2.24, 2.45) is 0 Å². The summed E-state index contributed by atoms with van der Waals surface area (Å²) in [7, 11) is 0. The molecule has 1 aliphatic carbocycles. The van der Waals surface area contributed by atoms with Crippen LogP contribution in [-0.4, -0.2) is 30.8 Å². The summed E-state index contributed by atoms with van der Waals surface area (Å²) in [5, 5.41) is 13.9. The Bertz CT molecular complexity index is 635. The van der Waals surface area contributed by atoms with Gasteiger partial charge in [-0.3, -0.25) is 4.98 Å². The predicted molar refractivity (Wildman–Crippen MR) is 72.3 cm³/mol. The molecular weight excluding hydrogens is 280 g/mol. The Balaban J connectivity index is 2.13. The van der Waals surface area contributed by atoms with E-state index < -0.39 is 5.97 Å². The molecule has 1 saturated carbocycles. The lowest BCUT2D eigenvalue weighted by Gasteiger charge is -2.05. The highest BCUT2D eigenvalue weighted by atomic mass is 35.5. The smallest absolute Gasteiger partial charge is 0.340 e. The Kier molecular flexibility index (Phi) is 3.40. The van der Waals surface area contributed by atoms with Gasteiger partial charge < -0.3 is 5.11 Å². The molecule has 0 aromatic carbocycles. The molecule has 1 aliphatic rings. The minimum Gasteiger partial charge on any atom is -0.478 e. The molecule has 0 unspecified atom stereocenters. The molecule has 1 fully saturated rings. The third kappa shape index (κ3) is 2.16. The van der Waals surface area contributed by atoms with Crippen molar-refractivity contribution in [3.63, 3.8) is 0 Å². The maximum Gasteiger partial charge on any atom is 0.340 e. The minimum atomic E-state index is -1.05. The van der Waals surface area contributed by atoms with Crippen molar-refractivity contribution in [1.29, 1.82) is 0 Å². The van der Waals surface area contributed by atoms with Gasteiger partial charge in [0.1, 0.15) is 10.7 Å². The first-order chi connectivity index (χ1) is 9.68. The Morgan fingerprint density at radius 1 is 1.35 bits per heavy atom. The lowest BCUT2D eigenvalue weighted by Crippen LogP contribution is -2.04. The number of hydrogen-bond acceptors (Lipinski definition) is 4. The van der Waals surface area contributed by atoms with E-state index in [2.05, 4.69) is 15.1 Å². The second-order valence-corrected chi connectivity index (χ2v) is 5.17. The van der Waals surface area contributed by atoms with Gasteiger partial charge >= 0.3 is 5.97 Å². The number of carboxylic acid groups (broad SMARTS) is 1. The average molecular weight is 293 g/mol. The molecule has 0 spiro atoms. The number of nitrogens with zero attached hydrogens (tertiary/aromatic N) is 4. The number of carbonyl (C=O) groups is 1. The van der Waals surface area contributed by atoms with Crippen LogP contribution in [0.15, 0.2) is 18.6 Å². The van der Waals surface area contributed by atoms with Crippen LogP contribution in [0.1, 0.15) is 47.7 Å². The van der Waals surface area contributed by atoms with Gasteiger partial charge in [-0.15, -0.1) is 0 Å². The van der Waals surface area contributed by atoms with E-state index >= 15 is 0 Å². The SMILES string of the molecule is O=C(O)c1c(C2CCCC2)nn(-c2cnccn2)c1Cl. The first-order valence-electron chi connectivity index (χ1n) is 6.46. The van der Waals surface area contributed by atoms with Crippen LogP contribution in [0.4, 0.5) is 0 Å². The summed E-state index contributed by atoms with van der Waals surface area (Å²) in [4.78, 5) is 19.5. The van der Waals surface area contributed by atoms with E-state index in [9.17, 15) is 9.90 Å². The van der Waals surface area contributed by atoms with Crippen LogP contribution in [0.2, 0.25) is 5.15 Å². The lowest BCUT2D eigenvalue weighted by atomic mass is 10.0. The monoisotopic (exact) mass is 292 g/mol. The Morgan fingerprint density at radius 2 is 2.10 bits per heavy atom. The standard InChI is InChI=1S/C13H13ClN4O2/c14-12-10(13(19)20)11(8-3-1-2-4-8)17-18(12)9-7-15-5-6-16-9/h5-8H,1-4H2,(H,19,20). The molecule has 0 saturated heterocycles. The zero-order chi connectivity index (χ0) is 14.1. The molecule has 0 radical (unpaired) electrons. The molecule has 0 atom stereocenters. The zero-order valence-corrected chi connectivity index (χ0v) is 11.4. The van der Waals surface area contributed by atoms with Crippen molar-refractivity contribution < 1.29 is 9.90 Å². The van der Waals surface area contributed by atoms with Crippen LogP contribution < -0.4 is 0 Å². The highest BCUT2D eigenvalue weighted by molar-refractivity contribution is 6.32. The molecule has 2 aromatic heterocycles. The summed E-state index contributed by atoms with van der Waals surface area (Å²) in [6, 6.07) is 0. The fourth-order valence-electron chi connectivity index (χ4n) is 2.65. The highest BCUT2D eigenvalue weighted by Gasteiger charge is 2.30. The second-order valence-electron chi connectivity index (χ2n) is 4.81. The molecule has 6 nitrogen and oxygen atoms in total. The Morgan fingerprint density at radius 3 is 2.70 bits per heavy atom. The van der Waals surface area contributed by atoms with Crippen molar-refractivity contribution in [2.45, 2.75) is 31.6 Å². The maximum atomic E-state index is 11.5. The van der Waals surface area contributed by atoms with Gasteiger partial charge in [-0.25, -0.2) is 14.5 Å². The largest absolute Gasteiger partial charge is 0.478 e. The van der Waals surface area contributed by atoms with E-state index in [4.69, 9.17) is 11.6 Å². The van der Waals surface area contributed by atoms with Crippen LogP contribution in [-0.2, 0) is 0 Å². The number of halogens is 1. The molecule has 0 amide bonds. The minimum absolute atomic E-state index is 0.0832. The topological polar surface area (TPSA) is 80.9 Å². The fourth-order valence-corrected chi connectivity index (χ4v) is 2.95. The predicted octanol–water partition coefficient (Wildman–Crippen LogP) is 2.67. The third-order valence-electron chi connectivity index (χ3n) is 3.58. The van der Waals surface area contributed by atoms with Crippen LogP contribution >= 0.6 is 11.6 Å². The number of aromatic nitrogens is 4.